The Hall–Kier alpha value is -3.16. The molecule has 0 radical (unpaired) electrons. The van der Waals surface area contributed by atoms with E-state index in [1.165, 1.54) is 4.90 Å². The van der Waals surface area contributed by atoms with Gasteiger partial charge in [0.05, 0.1) is 24.1 Å². The number of carbonyl (C=O) groups excluding carboxylic acids is 2. The normalized spacial score (nSPS) is 26.9. The number of hydrogen-bond acceptors (Lipinski definition) is 4. The van der Waals surface area contributed by atoms with Gasteiger partial charge in [0.2, 0.25) is 11.8 Å². The van der Waals surface area contributed by atoms with Crippen molar-refractivity contribution in [1.29, 1.82) is 0 Å². The predicted molar refractivity (Wildman–Crippen MR) is 117 cm³/mol. The molecule has 2 bridgehead atoms. The third-order valence-corrected chi connectivity index (χ3v) is 6.82. The lowest BCUT2D eigenvalue weighted by Gasteiger charge is -2.17. The van der Waals surface area contributed by atoms with Crippen molar-refractivity contribution >= 4 is 23.4 Å². The smallest absolute Gasteiger partial charge is 0.233 e. The molecular formula is C23H28N6O2. The largest absolute Gasteiger partial charge is 0.356 e. The van der Waals surface area contributed by atoms with Gasteiger partial charge in [0.15, 0.2) is 5.96 Å². The molecule has 2 amide bonds. The van der Waals surface area contributed by atoms with Crippen LogP contribution in [0.3, 0.4) is 0 Å². The zero-order valence-electron chi connectivity index (χ0n) is 17.9. The van der Waals surface area contributed by atoms with E-state index in [4.69, 9.17) is 0 Å². The van der Waals surface area contributed by atoms with Crippen LogP contribution >= 0.6 is 0 Å². The van der Waals surface area contributed by atoms with Gasteiger partial charge in [-0.25, -0.2) is 4.98 Å². The number of nitrogens with zero attached hydrogens (tertiary/aromatic N) is 4. The van der Waals surface area contributed by atoms with Crippen LogP contribution in [-0.4, -0.2) is 52.2 Å². The highest BCUT2D eigenvalue weighted by Crippen LogP contribution is 2.52. The quantitative estimate of drug-likeness (QED) is 0.243. The van der Waals surface area contributed by atoms with Crippen LogP contribution in [0, 0.1) is 30.6 Å². The molecule has 2 aliphatic carbocycles. The lowest BCUT2D eigenvalue weighted by atomic mass is 9.85. The Bertz CT molecular complexity index is 1060. The Balaban J connectivity index is 1.09. The number of likely N-dealkylation sites (tertiary alicyclic amines) is 1. The first-order valence-electron chi connectivity index (χ1n) is 11.0. The summed E-state index contributed by atoms with van der Waals surface area (Å²) in [7, 11) is 1.72. The van der Waals surface area contributed by atoms with Gasteiger partial charge >= 0.3 is 0 Å². The number of pyridine rings is 1. The molecule has 1 saturated carbocycles. The van der Waals surface area contributed by atoms with E-state index < -0.39 is 0 Å². The summed E-state index contributed by atoms with van der Waals surface area (Å²) in [6, 6.07) is 6.04. The molecule has 0 aromatic carbocycles. The van der Waals surface area contributed by atoms with Gasteiger partial charge in [0, 0.05) is 32.0 Å². The highest BCUT2D eigenvalue weighted by molar-refractivity contribution is 6.06. The van der Waals surface area contributed by atoms with E-state index in [1.54, 1.807) is 7.05 Å². The van der Waals surface area contributed by atoms with Gasteiger partial charge in [-0.1, -0.05) is 18.2 Å². The third kappa shape index (κ3) is 3.40. The van der Waals surface area contributed by atoms with Gasteiger partial charge < -0.3 is 15.0 Å². The average Bonchev–Trinajstić information content (AvgIpc) is 3.52. The van der Waals surface area contributed by atoms with E-state index in [-0.39, 0.29) is 35.5 Å². The average molecular weight is 421 g/mol. The molecule has 8 nitrogen and oxygen atoms in total. The van der Waals surface area contributed by atoms with Gasteiger partial charge in [0.1, 0.15) is 5.65 Å². The lowest BCUT2D eigenvalue weighted by molar-refractivity contribution is -0.140. The highest BCUT2D eigenvalue weighted by atomic mass is 16.2. The van der Waals surface area contributed by atoms with Crippen molar-refractivity contribution in [3.05, 3.63) is 47.9 Å². The number of imide groups is 1. The number of aliphatic imine (C=N–C) groups is 1. The summed E-state index contributed by atoms with van der Waals surface area (Å²) in [6.45, 7) is 3.70. The Kier molecular flexibility index (Phi) is 5.00. The monoisotopic (exact) mass is 420 g/mol. The molecule has 2 N–H and O–H groups in total. The first-order chi connectivity index (χ1) is 15.1. The summed E-state index contributed by atoms with van der Waals surface area (Å²) >= 11 is 0. The maximum atomic E-state index is 12.7. The fraction of sp³-hybridized carbons (Fsp3) is 0.478. The second-order valence-corrected chi connectivity index (χ2v) is 8.66. The Labute approximate surface area is 181 Å². The summed E-state index contributed by atoms with van der Waals surface area (Å²) in [5.41, 5.74) is 2.99. The number of guanidine groups is 1. The number of amides is 2. The molecule has 1 aliphatic heterocycles. The summed E-state index contributed by atoms with van der Waals surface area (Å²) < 4.78 is 2.06. The van der Waals surface area contributed by atoms with E-state index in [2.05, 4.69) is 50.2 Å². The van der Waals surface area contributed by atoms with Crippen LogP contribution in [0.15, 0.2) is 41.5 Å². The second kappa shape index (κ2) is 7.83. The topological polar surface area (TPSA) is 91.1 Å². The number of nitrogens with one attached hydrogen (secondary N) is 2. The molecule has 5 rings (SSSR count). The van der Waals surface area contributed by atoms with Gasteiger partial charge in [-0.2, -0.15) is 0 Å². The maximum Gasteiger partial charge on any atom is 0.233 e. The van der Waals surface area contributed by atoms with Gasteiger partial charge in [0.25, 0.3) is 0 Å². The van der Waals surface area contributed by atoms with Crippen LogP contribution < -0.4 is 10.6 Å². The molecule has 31 heavy (non-hydrogen) atoms. The van der Waals surface area contributed by atoms with Crippen LogP contribution in [-0.2, 0) is 16.1 Å². The maximum absolute atomic E-state index is 12.7. The first kappa shape index (κ1) is 19.8. The summed E-state index contributed by atoms with van der Waals surface area (Å²) in [5.74, 6) is 1.03. The number of hydrogen-bond donors (Lipinski definition) is 2. The minimum Gasteiger partial charge on any atom is -0.356 e. The van der Waals surface area contributed by atoms with E-state index in [9.17, 15) is 9.59 Å². The van der Waals surface area contributed by atoms with Crippen molar-refractivity contribution in [3.8, 4) is 0 Å². The number of aromatic nitrogens is 2. The second-order valence-electron chi connectivity index (χ2n) is 8.66. The molecular weight excluding hydrogens is 392 g/mol. The van der Waals surface area contributed by atoms with E-state index in [0.717, 1.165) is 23.5 Å². The molecule has 8 heteroatoms. The molecule has 2 fully saturated rings. The molecule has 1 saturated heterocycles. The molecule has 0 spiro atoms. The predicted octanol–water partition coefficient (Wildman–Crippen LogP) is 1.50. The van der Waals surface area contributed by atoms with Crippen molar-refractivity contribution in [2.45, 2.75) is 26.3 Å². The van der Waals surface area contributed by atoms with Crippen molar-refractivity contribution in [2.75, 3.05) is 20.1 Å². The number of aryl methyl sites for hydroxylation is 1. The van der Waals surface area contributed by atoms with Gasteiger partial charge in [-0.05, 0) is 43.7 Å². The zero-order chi connectivity index (χ0) is 21.5. The Morgan fingerprint density at radius 3 is 2.58 bits per heavy atom. The minimum atomic E-state index is -0.112. The standard InChI is InChI=1S/C23H28N6O2/c1-14-5-3-6-18-27-17(13-29(14)18)12-26-23(24-2)25-9-4-10-28-21(30)19-15-7-8-16(11-15)20(19)22(28)31/h3,5-8,13,15-16,19-20H,4,9-12H2,1-2H3,(H2,24,25,26). The number of allylic oxidation sites excluding steroid dienone is 2. The number of carbonyl (C=O) groups is 2. The van der Waals surface area contributed by atoms with Crippen molar-refractivity contribution in [1.82, 2.24) is 24.9 Å². The molecule has 2 aromatic rings. The van der Waals surface area contributed by atoms with E-state index >= 15 is 0 Å². The molecule has 2 aromatic heterocycles. The molecule has 3 heterocycles. The number of fused-ring (bicyclic) bond motifs is 6. The van der Waals surface area contributed by atoms with E-state index in [1.807, 2.05) is 18.3 Å². The molecule has 3 aliphatic rings. The minimum absolute atomic E-state index is 0.0245. The Morgan fingerprint density at radius 2 is 1.90 bits per heavy atom. The lowest BCUT2D eigenvalue weighted by Crippen LogP contribution is -2.39. The van der Waals surface area contributed by atoms with Crippen molar-refractivity contribution < 1.29 is 9.59 Å². The summed E-state index contributed by atoms with van der Waals surface area (Å²) in [4.78, 5) is 35.8. The fourth-order valence-corrected chi connectivity index (χ4v) is 5.31. The number of rotatable bonds is 6. The van der Waals surface area contributed by atoms with Crippen LogP contribution in [0.2, 0.25) is 0 Å². The first-order valence-corrected chi connectivity index (χ1v) is 11.0. The van der Waals surface area contributed by atoms with Crippen molar-refractivity contribution in [3.63, 3.8) is 0 Å². The third-order valence-electron chi connectivity index (χ3n) is 6.82. The van der Waals surface area contributed by atoms with Gasteiger partial charge in [-0.15, -0.1) is 0 Å². The Morgan fingerprint density at radius 1 is 1.16 bits per heavy atom. The van der Waals surface area contributed by atoms with E-state index in [0.29, 0.717) is 32.0 Å². The molecule has 4 atom stereocenters. The van der Waals surface area contributed by atoms with Crippen LogP contribution in [0.1, 0.15) is 24.2 Å². The molecule has 4 unspecified atom stereocenters. The fourth-order valence-electron chi connectivity index (χ4n) is 5.31. The summed E-state index contributed by atoms with van der Waals surface area (Å²) in [5, 5.41) is 6.53. The molecule has 162 valence electrons. The number of imidazole rings is 1. The summed E-state index contributed by atoms with van der Waals surface area (Å²) in [6.07, 6.45) is 7.93. The SMILES string of the molecule is CN=C(NCCCN1C(=O)C2C3C=CC(C3)C2C1=O)NCc1cn2c(C)cccc2n1. The van der Waals surface area contributed by atoms with Crippen molar-refractivity contribution in [2.24, 2.45) is 28.7 Å². The zero-order valence-corrected chi connectivity index (χ0v) is 17.9. The van der Waals surface area contributed by atoms with Crippen LogP contribution in [0.4, 0.5) is 0 Å². The highest BCUT2D eigenvalue weighted by Gasteiger charge is 2.58. The van der Waals surface area contributed by atoms with Crippen LogP contribution in [0.25, 0.3) is 5.65 Å². The van der Waals surface area contributed by atoms with Crippen LogP contribution in [0.5, 0.6) is 0 Å². The van der Waals surface area contributed by atoms with Gasteiger partial charge in [-0.3, -0.25) is 19.5 Å².